The van der Waals surface area contributed by atoms with Gasteiger partial charge < -0.3 is 29.3 Å². The van der Waals surface area contributed by atoms with Crippen LogP contribution in [0.25, 0.3) is 11.3 Å². The summed E-state index contributed by atoms with van der Waals surface area (Å²) in [5.41, 5.74) is 0.467. The highest BCUT2D eigenvalue weighted by Crippen LogP contribution is 2.37. The molecule has 1 saturated carbocycles. The Bertz CT molecular complexity index is 1330. The van der Waals surface area contributed by atoms with E-state index < -0.39 is 60.8 Å². The van der Waals surface area contributed by atoms with Crippen LogP contribution >= 0.6 is 0 Å². The van der Waals surface area contributed by atoms with Crippen LogP contribution < -0.4 is 0 Å². The average molecular weight is 549 g/mol. The first-order valence-electron chi connectivity index (χ1n) is 12.8. The first-order valence-corrected chi connectivity index (χ1v) is 12.8. The molecule has 0 amide bonds. The van der Waals surface area contributed by atoms with Gasteiger partial charge in [-0.3, -0.25) is 4.79 Å². The molecule has 3 heterocycles. The molecule has 2 aromatic heterocycles. The van der Waals surface area contributed by atoms with Crippen molar-refractivity contribution >= 4 is 5.97 Å². The second-order valence-corrected chi connectivity index (χ2v) is 10.1. The molecular formula is C26H30F2N4O7. The molecule has 11 nitrogen and oxygen atoms in total. The average Bonchev–Trinajstić information content (AvgIpc) is 3.65. The predicted molar refractivity (Wildman–Crippen MR) is 129 cm³/mol. The van der Waals surface area contributed by atoms with Gasteiger partial charge in [-0.15, -0.1) is 5.10 Å². The number of aryl methyl sites for hydroxylation is 1. The summed E-state index contributed by atoms with van der Waals surface area (Å²) in [4.78, 5) is 12.1. The number of rotatable bonds is 7. The number of hydrogen-bond donors (Lipinski definition) is 3. The molecule has 5 rings (SSSR count). The zero-order valence-corrected chi connectivity index (χ0v) is 21.4. The molecule has 1 aliphatic heterocycles. The maximum Gasteiger partial charge on any atom is 0.303 e. The van der Waals surface area contributed by atoms with E-state index in [1.54, 1.807) is 6.07 Å². The van der Waals surface area contributed by atoms with Crippen LogP contribution in [0.5, 0.6) is 0 Å². The maximum absolute atomic E-state index is 14.6. The van der Waals surface area contributed by atoms with Gasteiger partial charge >= 0.3 is 5.97 Å². The van der Waals surface area contributed by atoms with E-state index in [1.165, 1.54) is 36.9 Å². The summed E-state index contributed by atoms with van der Waals surface area (Å²) in [6.07, 6.45) is -1.30. The Morgan fingerprint density at radius 1 is 1.21 bits per heavy atom. The number of carbonyl (C=O) groups excluding carboxylic acids is 1. The Balaban J connectivity index is 1.46. The highest BCUT2D eigenvalue weighted by molar-refractivity contribution is 5.66. The molecule has 1 saturated heterocycles. The molecule has 0 spiro atoms. The summed E-state index contributed by atoms with van der Waals surface area (Å²) in [6.45, 7) is 2.08. The van der Waals surface area contributed by atoms with Gasteiger partial charge in [0.05, 0.1) is 24.6 Å². The van der Waals surface area contributed by atoms with Crippen molar-refractivity contribution in [1.29, 1.82) is 0 Å². The fourth-order valence-corrected chi connectivity index (χ4v) is 5.44. The van der Waals surface area contributed by atoms with Crippen molar-refractivity contribution in [2.24, 2.45) is 0 Å². The lowest BCUT2D eigenvalue weighted by molar-refractivity contribution is -0.217. The molecule has 0 unspecified atom stereocenters. The molecule has 13 heteroatoms. The molecule has 3 N–H and O–H groups in total. The topological polar surface area (TPSA) is 153 Å². The smallest absolute Gasteiger partial charge is 0.303 e. The fraction of sp³-hybridized carbons (Fsp3) is 0.538. The van der Waals surface area contributed by atoms with Crippen LogP contribution in [0.3, 0.4) is 0 Å². The third-order valence-corrected chi connectivity index (χ3v) is 7.46. The molecule has 2 aliphatic rings. The van der Waals surface area contributed by atoms with Gasteiger partial charge in [-0.2, -0.15) is 0 Å². The number of hydrogen-bond acceptors (Lipinski definition) is 10. The maximum atomic E-state index is 14.6. The molecule has 2 fully saturated rings. The highest BCUT2D eigenvalue weighted by Gasteiger charge is 2.49. The summed E-state index contributed by atoms with van der Waals surface area (Å²) < 4.78 is 47.0. The van der Waals surface area contributed by atoms with Gasteiger partial charge in [-0.25, -0.2) is 13.5 Å². The van der Waals surface area contributed by atoms with E-state index in [4.69, 9.17) is 14.0 Å². The number of ether oxygens (including phenoxy) is 2. The molecule has 1 aliphatic carbocycles. The lowest BCUT2D eigenvalue weighted by atomic mass is 9.90. The van der Waals surface area contributed by atoms with Crippen molar-refractivity contribution in [1.82, 2.24) is 20.2 Å². The Morgan fingerprint density at radius 2 is 2.00 bits per heavy atom. The molecule has 0 bridgehead atoms. The molecule has 39 heavy (non-hydrogen) atoms. The van der Waals surface area contributed by atoms with Crippen molar-refractivity contribution in [3.05, 3.63) is 53.0 Å². The van der Waals surface area contributed by atoms with E-state index in [0.29, 0.717) is 17.9 Å². The minimum atomic E-state index is -1.40. The van der Waals surface area contributed by atoms with E-state index in [0.717, 1.165) is 12.8 Å². The number of carbonyl (C=O) groups is 1. The summed E-state index contributed by atoms with van der Waals surface area (Å²) in [5.74, 6) is -2.38. The number of aromatic nitrogens is 4. The van der Waals surface area contributed by atoms with E-state index in [1.807, 2.05) is 0 Å². The number of esters is 1. The van der Waals surface area contributed by atoms with Gasteiger partial charge in [0.15, 0.2) is 17.7 Å². The van der Waals surface area contributed by atoms with Gasteiger partial charge in [0.1, 0.15) is 35.8 Å². The third kappa shape index (κ3) is 5.31. The lowest BCUT2D eigenvalue weighted by Gasteiger charge is -2.43. The van der Waals surface area contributed by atoms with E-state index in [2.05, 4.69) is 15.5 Å². The van der Waals surface area contributed by atoms with Gasteiger partial charge in [0.2, 0.25) is 0 Å². The molecule has 1 aromatic carbocycles. The van der Waals surface area contributed by atoms with Gasteiger partial charge in [0.25, 0.3) is 0 Å². The summed E-state index contributed by atoms with van der Waals surface area (Å²) in [7, 11) is 0. The van der Waals surface area contributed by atoms with Crippen molar-refractivity contribution in [2.45, 2.75) is 82.0 Å². The first kappa shape index (κ1) is 27.3. The quantitative estimate of drug-likeness (QED) is 0.374. The monoisotopic (exact) mass is 548 g/mol. The molecular weight excluding hydrogens is 518 g/mol. The predicted octanol–water partition coefficient (Wildman–Crippen LogP) is 1.98. The first-order chi connectivity index (χ1) is 18.7. The molecule has 210 valence electrons. The number of nitrogens with zero attached hydrogens (tertiary/aromatic N) is 4. The van der Waals surface area contributed by atoms with E-state index >= 15 is 0 Å². The second-order valence-electron chi connectivity index (χ2n) is 10.1. The van der Waals surface area contributed by atoms with Crippen LogP contribution in [-0.4, -0.2) is 78.6 Å². The zero-order chi connectivity index (χ0) is 27.8. The largest absolute Gasteiger partial charge is 0.457 e. The zero-order valence-electron chi connectivity index (χ0n) is 21.4. The van der Waals surface area contributed by atoms with Crippen LogP contribution in [0.4, 0.5) is 8.78 Å². The summed E-state index contributed by atoms with van der Waals surface area (Å²) in [6, 6.07) is 3.40. The minimum absolute atomic E-state index is 0.0000274. The molecule has 7 atom stereocenters. The van der Waals surface area contributed by atoms with Gasteiger partial charge in [-0.05, 0) is 31.4 Å². The van der Waals surface area contributed by atoms with E-state index in [9.17, 15) is 28.9 Å². The Kier molecular flexibility index (Phi) is 7.76. The van der Waals surface area contributed by atoms with Gasteiger partial charge in [-0.1, -0.05) is 22.9 Å². The number of benzene rings is 1. The Hall–Kier alpha value is -3.26. The van der Waals surface area contributed by atoms with Crippen LogP contribution in [0, 0.1) is 18.6 Å². The van der Waals surface area contributed by atoms with E-state index in [-0.39, 0.29) is 29.2 Å². The number of halogens is 2. The summed E-state index contributed by atoms with van der Waals surface area (Å²) in [5, 5.41) is 43.3. The Labute approximate surface area is 222 Å². The van der Waals surface area contributed by atoms with Crippen LogP contribution in [0.2, 0.25) is 0 Å². The van der Waals surface area contributed by atoms with Crippen molar-refractivity contribution in [3.8, 4) is 11.3 Å². The Morgan fingerprint density at radius 3 is 2.69 bits per heavy atom. The third-order valence-electron chi connectivity index (χ3n) is 7.46. The normalized spacial score (nSPS) is 29.1. The van der Waals surface area contributed by atoms with Crippen LogP contribution in [0.15, 0.2) is 28.9 Å². The molecule has 0 radical (unpaired) electrons. The minimum Gasteiger partial charge on any atom is -0.457 e. The standard InChI is InChI=1S/C26H30F2N4O7/c1-12-6-7-15(23(28)22(12)27)17-10-32(31-29-17)24-25(36)21(11-33)38-20(26(24)37-13(2)34)9-14-8-19(39-30-14)16-4-3-5-18(16)35/h6-8,10,16,18,20-21,24-26,33,35-36H,3-5,9,11H2,1-2H3/t16-,18+,20-,21-,24+,25+,26+/m1/s1. The number of aliphatic hydroxyl groups excluding tert-OH is 3. The van der Waals surface area contributed by atoms with Gasteiger partial charge in [0, 0.05) is 30.9 Å². The highest BCUT2D eigenvalue weighted by atomic mass is 19.2. The number of aliphatic hydroxyl groups is 3. The van der Waals surface area contributed by atoms with Crippen LogP contribution in [-0.2, 0) is 20.7 Å². The van der Waals surface area contributed by atoms with Crippen LogP contribution in [0.1, 0.15) is 55.2 Å². The summed E-state index contributed by atoms with van der Waals surface area (Å²) >= 11 is 0. The van der Waals surface area contributed by atoms with Crippen molar-refractivity contribution in [2.75, 3.05) is 6.61 Å². The molecule has 3 aromatic rings. The van der Waals surface area contributed by atoms with Crippen molar-refractivity contribution < 1.29 is 42.9 Å². The van der Waals surface area contributed by atoms with Crippen molar-refractivity contribution in [3.63, 3.8) is 0 Å². The lowest BCUT2D eigenvalue weighted by Crippen LogP contribution is -2.57. The SMILES string of the molecule is CC(=O)O[C@@H]1[C@@H](n2cc(-c3ccc(C)c(F)c3F)nn2)[C@@H](O)[C@@H](CO)O[C@@H]1Cc1cc([C@@H]2CCC[C@@H]2O)on1. The fourth-order valence-electron chi connectivity index (χ4n) is 5.44. The second kappa shape index (κ2) is 11.1.